The number of hydrogen-bond donors (Lipinski definition) is 16. The Labute approximate surface area is 653 Å². The summed E-state index contributed by atoms with van der Waals surface area (Å²) in [6.07, 6.45) is -9.72. The van der Waals surface area contributed by atoms with Crippen LogP contribution in [-0.2, 0) is 128 Å². The average Bonchev–Trinajstić information content (AvgIpc) is 1.68. The quantitative estimate of drug-likeness (QED) is 0.0144. The van der Waals surface area contributed by atoms with E-state index in [-0.39, 0.29) is 91.9 Å². The van der Waals surface area contributed by atoms with Crippen LogP contribution in [0, 0.1) is 0 Å². The predicted octanol–water partition coefficient (Wildman–Crippen LogP) is -9.92. The Hall–Kier alpha value is -6.17. The Morgan fingerprint density at radius 2 is 0.814 bits per heavy atom. The molecule has 640 valence electrons. The van der Waals surface area contributed by atoms with Crippen LogP contribution in [-0.4, -0.2) is 402 Å². The maximum Gasteiger partial charge on any atom is 0.217 e. The lowest BCUT2D eigenvalue weighted by atomic mass is 9.95. The molecule has 4 aromatic heterocycles. The van der Waals surface area contributed by atoms with Gasteiger partial charge in [-0.05, 0) is 25.5 Å². The number of nitrogens with zero attached hydrogens (tertiary/aromatic N) is 14. The van der Waals surface area contributed by atoms with Gasteiger partial charge in [-0.3, -0.25) is 29.0 Å². The van der Waals surface area contributed by atoms with E-state index in [0.29, 0.717) is 87.8 Å². The molecule has 0 aliphatic carbocycles. The molecule has 46 nitrogen and oxygen atoms in total. The van der Waals surface area contributed by atoms with Crippen molar-refractivity contribution >= 4 is 32.9 Å². The SMILES string of the molecule is CC(=O)NCC1(O)C(OCCOCCn2cc(CN(CCCCC(CP)N(Cc3cn(CCOCCOC4OC(CO)C(O)C(O)C4NC(C)=O)nn3)Cc3cn(CCOCCOC4OC(CO)C(O)C(O)C4NC(C)=O)nn3)Cc3cn(CCOCCOC4OC(CO)C(O)C(O)C4NC(C)=O)nn3)nn2)OC(CO)C1O. The first-order chi connectivity index (χ1) is 54.3. The summed E-state index contributed by atoms with van der Waals surface area (Å²) in [5, 5.41) is 169. The highest BCUT2D eigenvalue weighted by Gasteiger charge is 2.56. The van der Waals surface area contributed by atoms with Crippen LogP contribution in [0.15, 0.2) is 24.8 Å². The third-order valence-corrected chi connectivity index (χ3v) is 19.4. The molecule has 8 rings (SSSR count). The monoisotopic (exact) mass is 1640 g/mol. The normalized spacial score (nSPS) is 28.3. The van der Waals surface area contributed by atoms with Crippen molar-refractivity contribution in [2.24, 2.45) is 0 Å². The Morgan fingerprint density at radius 1 is 0.469 bits per heavy atom. The van der Waals surface area contributed by atoms with Gasteiger partial charge < -0.3 is 139 Å². The highest BCUT2D eigenvalue weighted by molar-refractivity contribution is 7.16. The smallest absolute Gasteiger partial charge is 0.217 e. The zero-order chi connectivity index (χ0) is 81.6. The minimum absolute atomic E-state index is 0.0207. The van der Waals surface area contributed by atoms with Crippen LogP contribution in [0.5, 0.6) is 0 Å². The van der Waals surface area contributed by atoms with E-state index in [0.717, 1.165) is 19.3 Å². The van der Waals surface area contributed by atoms with Gasteiger partial charge >= 0.3 is 0 Å². The van der Waals surface area contributed by atoms with Crippen LogP contribution in [0.3, 0.4) is 0 Å². The van der Waals surface area contributed by atoms with Crippen molar-refractivity contribution in [3.8, 4) is 0 Å². The summed E-state index contributed by atoms with van der Waals surface area (Å²) in [7, 11) is 2.86. The standard InChI is InChI=1S/C66H113N18O28P/c1-39(89)67-38-66(100)61(99)51(36-88)112-65(66)108-24-20-104-16-10-82-30-44(72-76-82)26-79(25-43-29-81(75-71-43)9-13-101-17-21-105-62-52(68-40(2)90)58(96)55(93)48(33-85)109-62)8-6-5-7-47(37-113)80(27-45-31-83(77-73-45)11-14-102-18-22-106-63-53(69-41(3)91)59(97)56(94)49(34-86)110-63)28-46-32-84(78-74-46)12-15-103-19-23-107-64-54(70-42(4)92)60(98)57(95)50(35-87)111-64/h29-32,47-65,85-88,93-100H,5-28,33-38,113H2,1-4H3,(H,67,89)(H,68,90)(H,69,91)(H,70,92). The molecule has 47 heteroatoms. The number of aromatic nitrogens is 12. The second-order valence-electron chi connectivity index (χ2n) is 27.7. The van der Waals surface area contributed by atoms with Gasteiger partial charge in [0.05, 0.1) is 161 Å². The molecule has 4 aromatic rings. The fourth-order valence-electron chi connectivity index (χ4n) is 13.0. The van der Waals surface area contributed by atoms with E-state index in [9.17, 15) is 80.5 Å². The number of hydrogen-bond acceptors (Lipinski definition) is 38. The number of nitrogens with one attached hydrogen (secondary N) is 4. The van der Waals surface area contributed by atoms with Gasteiger partial charge in [-0.25, -0.2) is 18.7 Å². The predicted molar refractivity (Wildman–Crippen MR) is 384 cm³/mol. The Balaban J connectivity index is 0.882. The molecule has 4 fully saturated rings. The summed E-state index contributed by atoms with van der Waals surface area (Å²) in [4.78, 5) is 51.8. The number of aliphatic hydroxyl groups is 12. The van der Waals surface area contributed by atoms with E-state index in [2.05, 4.69) is 81.6 Å². The minimum Gasteiger partial charge on any atom is -0.394 e. The third kappa shape index (κ3) is 28.3. The number of carbonyl (C=O) groups is 4. The lowest BCUT2D eigenvalue weighted by Crippen LogP contribution is -2.64. The molecular formula is C66H113N18O28P. The van der Waals surface area contributed by atoms with Crippen molar-refractivity contribution in [3.63, 3.8) is 0 Å². The van der Waals surface area contributed by atoms with Gasteiger partial charge in [0.1, 0.15) is 85.3 Å². The summed E-state index contributed by atoms with van der Waals surface area (Å²) in [6, 6.07) is -3.37. The number of rotatable bonds is 52. The summed E-state index contributed by atoms with van der Waals surface area (Å²) >= 11 is 0. The largest absolute Gasteiger partial charge is 0.394 e. The summed E-state index contributed by atoms with van der Waals surface area (Å²) in [5.74, 6) is -1.90. The van der Waals surface area contributed by atoms with E-state index in [1.165, 1.54) is 27.7 Å². The molecule has 21 atom stereocenters. The van der Waals surface area contributed by atoms with Crippen molar-refractivity contribution < 1.29 is 137 Å². The lowest BCUT2D eigenvalue weighted by molar-refractivity contribution is -0.272. The molecule has 4 aliphatic heterocycles. The molecular weight excluding hydrogens is 1520 g/mol. The van der Waals surface area contributed by atoms with Gasteiger partial charge in [-0.2, -0.15) is 0 Å². The highest BCUT2D eigenvalue weighted by atomic mass is 31.0. The van der Waals surface area contributed by atoms with Gasteiger partial charge in [-0.1, -0.05) is 27.3 Å². The maximum atomic E-state index is 11.9. The number of carbonyl (C=O) groups excluding carboxylic acids is 4. The van der Waals surface area contributed by atoms with Gasteiger partial charge in [0.2, 0.25) is 23.6 Å². The Kier molecular flexibility index (Phi) is 38.6. The molecule has 0 spiro atoms. The van der Waals surface area contributed by atoms with Crippen molar-refractivity contribution in [1.29, 1.82) is 0 Å². The molecule has 0 radical (unpaired) electrons. The maximum absolute atomic E-state index is 11.9. The Bertz CT molecular complexity index is 3330. The molecule has 0 bridgehead atoms. The molecule has 16 N–H and O–H groups in total. The number of ether oxygens (including phenoxy) is 12. The Morgan fingerprint density at radius 3 is 1.14 bits per heavy atom. The third-order valence-electron chi connectivity index (χ3n) is 18.9. The van der Waals surface area contributed by atoms with E-state index >= 15 is 0 Å². The van der Waals surface area contributed by atoms with E-state index < -0.39 is 166 Å². The second-order valence-corrected chi connectivity index (χ2v) is 28.1. The van der Waals surface area contributed by atoms with Crippen molar-refractivity contribution in [2.75, 3.05) is 125 Å². The summed E-state index contributed by atoms with van der Waals surface area (Å²) in [6.45, 7) is 6.40. The number of amides is 4. The molecule has 8 heterocycles. The van der Waals surface area contributed by atoms with Gasteiger partial charge in [0.15, 0.2) is 30.8 Å². The van der Waals surface area contributed by atoms with E-state index in [1.807, 2.05) is 12.4 Å². The molecule has 0 saturated carbocycles. The first kappa shape index (κ1) is 92.3. The van der Waals surface area contributed by atoms with Crippen LogP contribution in [0.25, 0.3) is 0 Å². The van der Waals surface area contributed by atoms with Crippen LogP contribution < -0.4 is 21.3 Å². The molecule has 4 amide bonds. The van der Waals surface area contributed by atoms with Crippen molar-refractivity contribution in [2.45, 2.75) is 221 Å². The van der Waals surface area contributed by atoms with E-state index in [1.54, 1.807) is 31.1 Å². The second kappa shape index (κ2) is 47.3. The van der Waals surface area contributed by atoms with Crippen LogP contribution >= 0.6 is 9.24 Å². The first-order valence-electron chi connectivity index (χ1n) is 37.4. The summed E-state index contributed by atoms with van der Waals surface area (Å²) in [5.41, 5.74) is 0.572. The van der Waals surface area contributed by atoms with Crippen LogP contribution in [0.1, 0.15) is 69.7 Å². The zero-order valence-corrected chi connectivity index (χ0v) is 64.9. The fraction of sp³-hybridized carbons (Fsp3) is 0.818. The molecule has 4 aliphatic rings. The minimum atomic E-state index is -2.03. The van der Waals surface area contributed by atoms with Crippen molar-refractivity contribution in [3.05, 3.63) is 47.6 Å². The first-order valence-corrected chi connectivity index (χ1v) is 38.3. The van der Waals surface area contributed by atoms with Crippen molar-refractivity contribution in [1.82, 2.24) is 91.0 Å². The van der Waals surface area contributed by atoms with Crippen LogP contribution in [0.2, 0.25) is 0 Å². The van der Waals surface area contributed by atoms with Gasteiger partial charge in [0, 0.05) is 84.7 Å². The number of aliphatic hydroxyl groups excluding tert-OH is 11. The topological polar surface area (TPSA) is 599 Å². The molecule has 113 heavy (non-hydrogen) atoms. The molecule has 0 aromatic carbocycles. The fourth-order valence-corrected chi connectivity index (χ4v) is 13.5. The average molecular weight is 1640 g/mol. The zero-order valence-electron chi connectivity index (χ0n) is 63.7. The number of unbranched alkanes of at least 4 members (excludes halogenated alkanes) is 1. The van der Waals surface area contributed by atoms with Gasteiger partial charge in [0.25, 0.3) is 0 Å². The summed E-state index contributed by atoms with van der Waals surface area (Å²) < 4.78 is 75.4. The van der Waals surface area contributed by atoms with E-state index in [4.69, 9.17) is 56.8 Å². The van der Waals surface area contributed by atoms with Crippen LogP contribution in [0.4, 0.5) is 0 Å². The highest BCUT2D eigenvalue weighted by Crippen LogP contribution is 2.32. The molecule has 4 saturated heterocycles. The lowest BCUT2D eigenvalue weighted by Gasteiger charge is -2.42. The molecule has 21 unspecified atom stereocenters. The van der Waals surface area contributed by atoms with Gasteiger partial charge in [-0.15, -0.1) is 29.6 Å².